The van der Waals surface area contributed by atoms with Crippen LogP contribution in [0, 0.1) is 17.3 Å². The topological polar surface area (TPSA) is 21.3 Å². The molecule has 20 heavy (non-hydrogen) atoms. The molecule has 4 unspecified atom stereocenters. The van der Waals surface area contributed by atoms with Crippen LogP contribution in [0.2, 0.25) is 0 Å². The maximum atomic E-state index is 6.22. The van der Waals surface area contributed by atoms with Crippen molar-refractivity contribution in [3.05, 3.63) is 0 Å². The predicted octanol–water partition coefficient (Wildman–Crippen LogP) is 3.70. The molecule has 2 nitrogen and oxygen atoms in total. The number of hydrogen-bond donors (Lipinski definition) is 1. The van der Waals surface area contributed by atoms with Gasteiger partial charge in [0.15, 0.2) is 0 Å². The molecular weight excluding hydrogens is 266 g/mol. The van der Waals surface area contributed by atoms with Crippen molar-refractivity contribution in [3.63, 3.8) is 0 Å². The van der Waals surface area contributed by atoms with Crippen LogP contribution < -0.4 is 5.32 Å². The Hall–Kier alpha value is 0.270. The summed E-state index contributed by atoms with van der Waals surface area (Å²) in [5.41, 5.74) is 0.745. The lowest BCUT2D eigenvalue weighted by Crippen LogP contribution is -2.50. The quantitative estimate of drug-likeness (QED) is 0.858. The van der Waals surface area contributed by atoms with E-state index in [1.165, 1.54) is 50.0 Å². The van der Waals surface area contributed by atoms with Gasteiger partial charge in [-0.2, -0.15) is 11.8 Å². The summed E-state index contributed by atoms with van der Waals surface area (Å²) < 4.78 is 6.22. The molecule has 0 aromatic rings. The van der Waals surface area contributed by atoms with Crippen LogP contribution in [0.4, 0.5) is 0 Å². The van der Waals surface area contributed by atoms with E-state index < -0.39 is 0 Å². The van der Waals surface area contributed by atoms with Crippen molar-refractivity contribution in [1.29, 1.82) is 0 Å². The molecule has 0 bridgehead atoms. The third-order valence-corrected chi connectivity index (χ3v) is 7.44. The fraction of sp³-hybridized carbons (Fsp3) is 1.00. The molecule has 1 spiro atoms. The van der Waals surface area contributed by atoms with E-state index in [-0.39, 0.29) is 5.60 Å². The van der Waals surface area contributed by atoms with Crippen molar-refractivity contribution in [2.75, 3.05) is 25.2 Å². The molecule has 0 radical (unpaired) electrons. The van der Waals surface area contributed by atoms with E-state index in [0.29, 0.717) is 11.5 Å². The summed E-state index contributed by atoms with van der Waals surface area (Å²) in [5.74, 6) is 4.19. The molecule has 116 valence electrons. The Labute approximate surface area is 128 Å². The van der Waals surface area contributed by atoms with Gasteiger partial charge in [0.1, 0.15) is 0 Å². The lowest BCUT2D eigenvalue weighted by Gasteiger charge is -2.45. The summed E-state index contributed by atoms with van der Waals surface area (Å²) >= 11 is 2.09. The van der Waals surface area contributed by atoms with Gasteiger partial charge in [-0.1, -0.05) is 20.3 Å². The van der Waals surface area contributed by atoms with Gasteiger partial charge in [-0.05, 0) is 62.2 Å². The van der Waals surface area contributed by atoms with Crippen LogP contribution in [0.3, 0.4) is 0 Å². The molecule has 3 rings (SSSR count). The molecule has 1 saturated carbocycles. The molecule has 1 aliphatic carbocycles. The van der Waals surface area contributed by atoms with E-state index in [2.05, 4.69) is 38.0 Å². The van der Waals surface area contributed by atoms with Gasteiger partial charge in [-0.15, -0.1) is 0 Å². The van der Waals surface area contributed by atoms with Crippen molar-refractivity contribution in [2.45, 2.75) is 64.0 Å². The third kappa shape index (κ3) is 2.78. The first-order valence-corrected chi connectivity index (χ1v) is 9.61. The van der Waals surface area contributed by atoms with Gasteiger partial charge < -0.3 is 10.1 Å². The van der Waals surface area contributed by atoms with E-state index in [1.807, 2.05) is 0 Å². The Kier molecular flexibility index (Phi) is 4.41. The van der Waals surface area contributed by atoms with Gasteiger partial charge in [0, 0.05) is 18.4 Å². The summed E-state index contributed by atoms with van der Waals surface area (Å²) in [4.78, 5) is 0. The standard InChI is InChI=1S/C17H31NOS/c1-16(2)7-4-5-14(16)15(18-3)13-6-9-19-17(11-13)8-10-20-12-17/h13-15,18H,4-12H2,1-3H3. The zero-order chi connectivity index (χ0) is 14.2. The fourth-order valence-electron chi connectivity index (χ4n) is 5.02. The molecule has 2 saturated heterocycles. The average Bonchev–Trinajstić information content (AvgIpc) is 2.99. The molecule has 0 amide bonds. The minimum atomic E-state index is 0.228. The zero-order valence-corrected chi connectivity index (χ0v) is 14.2. The molecule has 1 N–H and O–H groups in total. The number of hydrogen-bond acceptors (Lipinski definition) is 3. The maximum absolute atomic E-state index is 6.22. The molecule has 3 fully saturated rings. The molecule has 2 heterocycles. The average molecular weight is 298 g/mol. The Balaban J connectivity index is 1.72. The second-order valence-corrected chi connectivity index (χ2v) is 8.99. The largest absolute Gasteiger partial charge is 0.374 e. The van der Waals surface area contributed by atoms with E-state index in [4.69, 9.17) is 4.74 Å². The smallest absolute Gasteiger partial charge is 0.0783 e. The molecule has 3 heteroatoms. The summed E-state index contributed by atoms with van der Waals surface area (Å²) in [6.45, 7) is 5.95. The van der Waals surface area contributed by atoms with Crippen LogP contribution in [0.15, 0.2) is 0 Å². The van der Waals surface area contributed by atoms with Crippen molar-refractivity contribution < 1.29 is 4.74 Å². The minimum absolute atomic E-state index is 0.228. The first-order valence-electron chi connectivity index (χ1n) is 8.45. The van der Waals surface area contributed by atoms with Crippen LogP contribution in [-0.2, 0) is 4.74 Å². The van der Waals surface area contributed by atoms with Gasteiger partial charge in [0.05, 0.1) is 5.60 Å². The number of rotatable bonds is 3. The van der Waals surface area contributed by atoms with Gasteiger partial charge in [0.2, 0.25) is 0 Å². The monoisotopic (exact) mass is 297 g/mol. The maximum Gasteiger partial charge on any atom is 0.0783 e. The van der Waals surface area contributed by atoms with Crippen LogP contribution >= 0.6 is 11.8 Å². The second-order valence-electron chi connectivity index (χ2n) is 7.89. The predicted molar refractivity (Wildman–Crippen MR) is 87.3 cm³/mol. The Morgan fingerprint density at radius 1 is 1.25 bits per heavy atom. The van der Waals surface area contributed by atoms with E-state index in [9.17, 15) is 0 Å². The summed E-state index contributed by atoms with van der Waals surface area (Å²) in [6, 6.07) is 0.693. The number of nitrogens with one attached hydrogen (secondary N) is 1. The first-order chi connectivity index (χ1) is 9.56. The normalized spacial score (nSPS) is 42.1. The molecule has 0 aromatic carbocycles. The Bertz CT molecular complexity index is 338. The van der Waals surface area contributed by atoms with Crippen LogP contribution in [0.5, 0.6) is 0 Å². The lowest BCUT2D eigenvalue weighted by molar-refractivity contribution is -0.0905. The van der Waals surface area contributed by atoms with Gasteiger partial charge in [-0.25, -0.2) is 0 Å². The summed E-state index contributed by atoms with van der Waals surface area (Å²) in [6.07, 6.45) is 8.05. The van der Waals surface area contributed by atoms with E-state index >= 15 is 0 Å². The minimum Gasteiger partial charge on any atom is -0.374 e. The highest BCUT2D eigenvalue weighted by Gasteiger charge is 2.47. The van der Waals surface area contributed by atoms with Crippen molar-refractivity contribution in [1.82, 2.24) is 5.32 Å². The Morgan fingerprint density at radius 2 is 2.10 bits per heavy atom. The van der Waals surface area contributed by atoms with Crippen LogP contribution in [-0.4, -0.2) is 36.8 Å². The summed E-state index contributed by atoms with van der Waals surface area (Å²) in [5, 5.41) is 3.71. The molecule has 3 aliphatic rings. The summed E-state index contributed by atoms with van der Waals surface area (Å²) in [7, 11) is 2.19. The third-order valence-electron chi connectivity index (χ3n) is 6.21. The van der Waals surface area contributed by atoms with Gasteiger partial charge >= 0.3 is 0 Å². The molecule has 4 atom stereocenters. The highest BCUT2D eigenvalue weighted by molar-refractivity contribution is 7.99. The van der Waals surface area contributed by atoms with Crippen molar-refractivity contribution in [2.24, 2.45) is 17.3 Å². The number of ether oxygens (including phenoxy) is 1. The van der Waals surface area contributed by atoms with Crippen molar-refractivity contribution >= 4 is 11.8 Å². The van der Waals surface area contributed by atoms with Crippen LogP contribution in [0.25, 0.3) is 0 Å². The first kappa shape index (κ1) is 15.2. The second kappa shape index (κ2) is 5.81. The van der Waals surface area contributed by atoms with Gasteiger partial charge in [0.25, 0.3) is 0 Å². The highest BCUT2D eigenvalue weighted by atomic mass is 32.2. The zero-order valence-electron chi connectivity index (χ0n) is 13.4. The van der Waals surface area contributed by atoms with E-state index in [0.717, 1.165) is 18.4 Å². The van der Waals surface area contributed by atoms with Gasteiger partial charge in [-0.3, -0.25) is 0 Å². The van der Waals surface area contributed by atoms with Crippen LogP contribution in [0.1, 0.15) is 52.4 Å². The highest BCUT2D eigenvalue weighted by Crippen LogP contribution is 2.49. The molecule has 2 aliphatic heterocycles. The lowest BCUT2D eigenvalue weighted by atomic mass is 9.70. The SMILES string of the molecule is CNC(C1CCOC2(CCSC2)C1)C1CCCC1(C)C. The number of thioether (sulfide) groups is 1. The molecular formula is C17H31NOS. The fourth-order valence-corrected chi connectivity index (χ4v) is 6.40. The van der Waals surface area contributed by atoms with Crippen molar-refractivity contribution in [3.8, 4) is 0 Å². The Morgan fingerprint density at radius 3 is 2.70 bits per heavy atom. The van der Waals surface area contributed by atoms with E-state index in [1.54, 1.807) is 0 Å². The molecule has 0 aromatic heterocycles.